The Balaban J connectivity index is 2.65. The fourth-order valence-electron chi connectivity index (χ4n) is 1.13. The van der Waals surface area contributed by atoms with Crippen LogP contribution in [0.5, 0.6) is 5.75 Å². The molecule has 0 aromatic heterocycles. The number of hydrogen-bond donors (Lipinski definition) is 0. The standard InChI is InChI=1S/C13H17BrO2/c1-9-7-10(14)5-6-11(9)16-8-12(15)13(2,3)4/h5-7H,8H2,1-4H3. The first-order chi connectivity index (χ1) is 7.30. The smallest absolute Gasteiger partial charge is 0.175 e. The van der Waals surface area contributed by atoms with E-state index in [4.69, 9.17) is 4.74 Å². The summed E-state index contributed by atoms with van der Waals surface area (Å²) < 4.78 is 6.52. The molecule has 0 saturated carbocycles. The molecule has 0 N–H and O–H groups in total. The summed E-state index contributed by atoms with van der Waals surface area (Å²) in [4.78, 5) is 11.7. The number of hydrogen-bond acceptors (Lipinski definition) is 2. The molecule has 3 heteroatoms. The molecular formula is C13H17BrO2. The number of aryl methyl sites for hydroxylation is 1. The highest BCUT2D eigenvalue weighted by molar-refractivity contribution is 9.10. The second-order valence-electron chi connectivity index (χ2n) is 4.87. The van der Waals surface area contributed by atoms with Crippen molar-refractivity contribution in [1.29, 1.82) is 0 Å². The Labute approximate surface area is 105 Å². The van der Waals surface area contributed by atoms with E-state index in [1.54, 1.807) is 0 Å². The van der Waals surface area contributed by atoms with Crippen molar-refractivity contribution in [2.45, 2.75) is 27.7 Å². The van der Waals surface area contributed by atoms with Crippen molar-refractivity contribution in [2.75, 3.05) is 6.61 Å². The number of rotatable bonds is 3. The van der Waals surface area contributed by atoms with Gasteiger partial charge in [-0.2, -0.15) is 0 Å². The maximum absolute atomic E-state index is 11.7. The molecule has 1 aromatic carbocycles. The molecule has 0 atom stereocenters. The van der Waals surface area contributed by atoms with E-state index in [1.165, 1.54) is 0 Å². The van der Waals surface area contributed by atoms with Crippen LogP contribution in [0.25, 0.3) is 0 Å². The van der Waals surface area contributed by atoms with Crippen LogP contribution in [-0.4, -0.2) is 12.4 Å². The van der Waals surface area contributed by atoms with Gasteiger partial charge in [0, 0.05) is 9.89 Å². The minimum atomic E-state index is -0.344. The molecule has 0 aliphatic heterocycles. The Bertz CT molecular complexity index is 391. The largest absolute Gasteiger partial charge is 0.486 e. The van der Waals surface area contributed by atoms with Crippen LogP contribution >= 0.6 is 15.9 Å². The number of benzene rings is 1. The first kappa shape index (κ1) is 13.2. The first-order valence-corrected chi connectivity index (χ1v) is 6.02. The van der Waals surface area contributed by atoms with Crippen LogP contribution in [0.2, 0.25) is 0 Å². The van der Waals surface area contributed by atoms with Gasteiger partial charge in [-0.3, -0.25) is 4.79 Å². The quantitative estimate of drug-likeness (QED) is 0.845. The molecule has 0 spiro atoms. The molecule has 16 heavy (non-hydrogen) atoms. The summed E-state index contributed by atoms with van der Waals surface area (Å²) in [5, 5.41) is 0. The first-order valence-electron chi connectivity index (χ1n) is 5.23. The highest BCUT2D eigenvalue weighted by atomic mass is 79.9. The number of carbonyl (C=O) groups is 1. The van der Waals surface area contributed by atoms with E-state index in [0.29, 0.717) is 0 Å². The third kappa shape index (κ3) is 3.63. The van der Waals surface area contributed by atoms with Gasteiger partial charge >= 0.3 is 0 Å². The number of Topliss-reactive ketones (excluding diaryl/α,β-unsaturated/α-hetero) is 1. The lowest BCUT2D eigenvalue weighted by Gasteiger charge is -2.17. The molecule has 0 heterocycles. The van der Waals surface area contributed by atoms with Crippen molar-refractivity contribution in [3.05, 3.63) is 28.2 Å². The fraction of sp³-hybridized carbons (Fsp3) is 0.462. The van der Waals surface area contributed by atoms with Gasteiger partial charge in [0.05, 0.1) is 0 Å². The topological polar surface area (TPSA) is 26.3 Å². The molecule has 0 fully saturated rings. The maximum Gasteiger partial charge on any atom is 0.175 e. The van der Waals surface area contributed by atoms with Gasteiger partial charge in [0.15, 0.2) is 5.78 Å². The van der Waals surface area contributed by atoms with Gasteiger partial charge in [-0.25, -0.2) is 0 Å². The summed E-state index contributed by atoms with van der Waals surface area (Å²) in [5.74, 6) is 0.871. The summed E-state index contributed by atoms with van der Waals surface area (Å²) in [6.07, 6.45) is 0. The predicted molar refractivity (Wildman–Crippen MR) is 68.8 cm³/mol. The van der Waals surface area contributed by atoms with Crippen LogP contribution < -0.4 is 4.74 Å². The molecule has 1 rings (SSSR count). The number of ether oxygens (including phenoxy) is 1. The number of halogens is 1. The lowest BCUT2D eigenvalue weighted by molar-refractivity contribution is -0.128. The van der Waals surface area contributed by atoms with Crippen molar-refractivity contribution in [1.82, 2.24) is 0 Å². The molecule has 0 bridgehead atoms. The van der Waals surface area contributed by atoms with Crippen molar-refractivity contribution in [3.8, 4) is 5.75 Å². The molecule has 0 unspecified atom stereocenters. The number of carbonyl (C=O) groups excluding carboxylic acids is 1. The summed E-state index contributed by atoms with van der Waals surface area (Å²) >= 11 is 3.39. The van der Waals surface area contributed by atoms with Crippen LogP contribution in [0.15, 0.2) is 22.7 Å². The molecular weight excluding hydrogens is 268 g/mol. The molecule has 88 valence electrons. The highest BCUT2D eigenvalue weighted by Crippen LogP contribution is 2.23. The zero-order valence-electron chi connectivity index (χ0n) is 10.1. The third-order valence-corrected chi connectivity index (χ3v) is 2.83. The Kier molecular flexibility index (Phi) is 4.14. The molecule has 2 nitrogen and oxygen atoms in total. The fourth-order valence-corrected chi connectivity index (χ4v) is 1.61. The van der Waals surface area contributed by atoms with Crippen LogP contribution in [0.3, 0.4) is 0 Å². The summed E-state index contributed by atoms with van der Waals surface area (Å²) in [6, 6.07) is 5.75. The van der Waals surface area contributed by atoms with Crippen LogP contribution in [0.4, 0.5) is 0 Å². The average molecular weight is 285 g/mol. The van der Waals surface area contributed by atoms with E-state index >= 15 is 0 Å². The minimum Gasteiger partial charge on any atom is -0.486 e. The minimum absolute atomic E-state index is 0.106. The van der Waals surface area contributed by atoms with Crippen LogP contribution in [0.1, 0.15) is 26.3 Å². The third-order valence-electron chi connectivity index (χ3n) is 2.33. The Morgan fingerprint density at radius 1 is 1.38 bits per heavy atom. The van der Waals surface area contributed by atoms with Crippen molar-refractivity contribution in [3.63, 3.8) is 0 Å². The average Bonchev–Trinajstić information content (AvgIpc) is 2.14. The molecule has 1 aromatic rings. The van der Waals surface area contributed by atoms with Gasteiger partial charge in [-0.15, -0.1) is 0 Å². The van der Waals surface area contributed by atoms with Gasteiger partial charge in [0.2, 0.25) is 0 Å². The SMILES string of the molecule is Cc1cc(Br)ccc1OCC(=O)C(C)(C)C. The van der Waals surface area contributed by atoms with E-state index in [-0.39, 0.29) is 17.8 Å². The van der Waals surface area contributed by atoms with E-state index in [1.807, 2.05) is 45.9 Å². The number of ketones is 1. The van der Waals surface area contributed by atoms with Crippen LogP contribution in [-0.2, 0) is 4.79 Å². The highest BCUT2D eigenvalue weighted by Gasteiger charge is 2.21. The second-order valence-corrected chi connectivity index (χ2v) is 5.79. The predicted octanol–water partition coefficient (Wildman–Crippen LogP) is 3.75. The molecule has 0 amide bonds. The van der Waals surface area contributed by atoms with Gasteiger partial charge in [-0.1, -0.05) is 36.7 Å². The zero-order chi connectivity index (χ0) is 12.3. The van der Waals surface area contributed by atoms with Gasteiger partial charge in [-0.05, 0) is 30.7 Å². The normalized spacial score (nSPS) is 11.3. The molecule has 0 radical (unpaired) electrons. The Morgan fingerprint density at radius 2 is 2.00 bits per heavy atom. The Morgan fingerprint density at radius 3 is 2.50 bits per heavy atom. The summed E-state index contributed by atoms with van der Waals surface area (Å²) in [6.45, 7) is 7.78. The van der Waals surface area contributed by atoms with Gasteiger partial charge in [0.25, 0.3) is 0 Å². The maximum atomic E-state index is 11.7. The second kappa shape index (κ2) is 5.00. The van der Waals surface area contributed by atoms with Gasteiger partial charge < -0.3 is 4.74 Å². The van der Waals surface area contributed by atoms with E-state index in [2.05, 4.69) is 15.9 Å². The van der Waals surface area contributed by atoms with Crippen molar-refractivity contribution >= 4 is 21.7 Å². The van der Waals surface area contributed by atoms with Gasteiger partial charge in [0.1, 0.15) is 12.4 Å². The zero-order valence-corrected chi connectivity index (χ0v) is 11.7. The van der Waals surface area contributed by atoms with E-state index in [0.717, 1.165) is 15.8 Å². The van der Waals surface area contributed by atoms with E-state index in [9.17, 15) is 4.79 Å². The van der Waals surface area contributed by atoms with Crippen molar-refractivity contribution < 1.29 is 9.53 Å². The molecule has 0 aliphatic carbocycles. The summed E-state index contributed by atoms with van der Waals surface area (Å²) in [7, 11) is 0. The van der Waals surface area contributed by atoms with E-state index < -0.39 is 0 Å². The lowest BCUT2D eigenvalue weighted by atomic mass is 9.91. The Hall–Kier alpha value is -0.830. The molecule has 0 saturated heterocycles. The van der Waals surface area contributed by atoms with Crippen LogP contribution in [0, 0.1) is 12.3 Å². The monoisotopic (exact) mass is 284 g/mol. The van der Waals surface area contributed by atoms with Crippen molar-refractivity contribution in [2.24, 2.45) is 5.41 Å². The molecule has 0 aliphatic rings. The lowest BCUT2D eigenvalue weighted by Crippen LogP contribution is -2.26. The summed E-state index contributed by atoms with van der Waals surface area (Å²) in [5.41, 5.74) is 0.680.